The molecule has 30 heavy (non-hydrogen) atoms. The molecule has 0 radical (unpaired) electrons. The monoisotopic (exact) mass is 523 g/mol. The lowest BCUT2D eigenvalue weighted by molar-refractivity contribution is -0.136. The zero-order valence-electron chi connectivity index (χ0n) is 16.1. The van der Waals surface area contributed by atoms with Gasteiger partial charge in [-0.15, -0.1) is 0 Å². The van der Waals surface area contributed by atoms with Gasteiger partial charge >= 0.3 is 5.97 Å². The first-order valence-electron chi connectivity index (χ1n) is 9.17. The Balaban J connectivity index is 1.96. The topological polar surface area (TPSA) is 66.5 Å². The summed E-state index contributed by atoms with van der Waals surface area (Å²) in [5.74, 6) is -0.735. The van der Waals surface area contributed by atoms with Crippen molar-refractivity contribution in [2.75, 3.05) is 72.5 Å². The Bertz CT molecular complexity index is 663. The molecule has 0 spiro atoms. The summed E-state index contributed by atoms with van der Waals surface area (Å²) in [6.07, 6.45) is 0. The van der Waals surface area contributed by atoms with E-state index in [1.807, 2.05) is 4.90 Å². The van der Waals surface area contributed by atoms with Gasteiger partial charge in [0.25, 0.3) is 0 Å². The summed E-state index contributed by atoms with van der Waals surface area (Å²) in [6, 6.07) is 0. The van der Waals surface area contributed by atoms with Crippen LogP contribution in [0.15, 0.2) is 0 Å². The van der Waals surface area contributed by atoms with Crippen LogP contribution in [0.25, 0.3) is 0 Å². The Morgan fingerprint density at radius 1 is 0.667 bits per heavy atom. The number of nitrogens with zero attached hydrogens (tertiary/aromatic N) is 1. The summed E-state index contributed by atoms with van der Waals surface area (Å²) in [5.41, 5.74) is 0. The average molecular weight is 526 g/mol. The van der Waals surface area contributed by atoms with Gasteiger partial charge in [0.05, 0.1) is 74.5 Å². The van der Waals surface area contributed by atoms with Crippen LogP contribution >= 0.6 is 58.0 Å². The Morgan fingerprint density at radius 2 is 1.03 bits per heavy atom. The Kier molecular flexibility index (Phi) is 12.4. The van der Waals surface area contributed by atoms with Gasteiger partial charge < -0.3 is 23.7 Å². The second kappa shape index (κ2) is 14.2. The van der Waals surface area contributed by atoms with Crippen LogP contribution in [0, 0.1) is 0 Å². The molecular formula is C18H22Cl5NO6. The minimum atomic E-state index is -0.599. The number of halogens is 5. The van der Waals surface area contributed by atoms with E-state index in [1.54, 1.807) is 0 Å². The molecule has 0 amide bonds. The van der Waals surface area contributed by atoms with E-state index in [4.69, 9.17) is 81.7 Å². The number of carbonyl (C=O) groups excluding carboxylic acids is 1. The van der Waals surface area contributed by atoms with Gasteiger partial charge in [0, 0.05) is 13.1 Å². The van der Waals surface area contributed by atoms with Crippen molar-refractivity contribution in [2.45, 2.75) is 0 Å². The normalized spacial score (nSPS) is 18.4. The zero-order valence-corrected chi connectivity index (χ0v) is 19.8. The zero-order chi connectivity index (χ0) is 21.9. The van der Waals surface area contributed by atoms with E-state index in [1.165, 1.54) is 0 Å². The van der Waals surface area contributed by atoms with Crippen LogP contribution < -0.4 is 4.74 Å². The predicted molar refractivity (Wildman–Crippen MR) is 117 cm³/mol. The maximum Gasteiger partial charge on any atom is 0.325 e. The van der Waals surface area contributed by atoms with Crippen LogP contribution in [-0.2, 0) is 23.7 Å². The molecule has 1 aliphatic heterocycles. The molecule has 0 unspecified atom stereocenters. The molecule has 1 aromatic carbocycles. The molecule has 0 aromatic heterocycles. The molecule has 1 fully saturated rings. The fourth-order valence-corrected chi connectivity index (χ4v) is 3.62. The molecule has 1 aliphatic rings. The van der Waals surface area contributed by atoms with Gasteiger partial charge in [-0.2, -0.15) is 0 Å². The third-order valence-corrected chi connectivity index (χ3v) is 6.20. The summed E-state index contributed by atoms with van der Waals surface area (Å²) in [6.45, 7) is 4.58. The minimum absolute atomic E-state index is 0.0130. The van der Waals surface area contributed by atoms with E-state index in [9.17, 15) is 4.79 Å². The highest BCUT2D eigenvalue weighted by Crippen LogP contribution is 2.48. The number of carbonyl (C=O) groups is 1. The number of hydrogen-bond donors (Lipinski definition) is 0. The third kappa shape index (κ3) is 8.47. The highest BCUT2D eigenvalue weighted by atomic mass is 35.5. The summed E-state index contributed by atoms with van der Waals surface area (Å²) in [4.78, 5) is 14.3. The predicted octanol–water partition coefficient (Wildman–Crippen LogP) is 4.24. The van der Waals surface area contributed by atoms with Crippen molar-refractivity contribution in [3.8, 4) is 5.75 Å². The molecule has 0 aliphatic carbocycles. The summed E-state index contributed by atoms with van der Waals surface area (Å²) < 4.78 is 27.2. The lowest BCUT2D eigenvalue weighted by Crippen LogP contribution is -2.37. The first-order chi connectivity index (χ1) is 14.4. The molecule has 170 valence electrons. The van der Waals surface area contributed by atoms with Crippen molar-refractivity contribution in [3.63, 3.8) is 0 Å². The molecule has 1 saturated heterocycles. The van der Waals surface area contributed by atoms with E-state index in [2.05, 4.69) is 0 Å². The first-order valence-corrected chi connectivity index (χ1v) is 11.1. The van der Waals surface area contributed by atoms with E-state index in [0.29, 0.717) is 65.9 Å². The van der Waals surface area contributed by atoms with Crippen LogP contribution in [0.4, 0.5) is 0 Å². The summed E-state index contributed by atoms with van der Waals surface area (Å²) in [7, 11) is 0. The fourth-order valence-electron chi connectivity index (χ4n) is 2.42. The molecule has 1 heterocycles. The Morgan fingerprint density at radius 3 is 1.47 bits per heavy atom. The van der Waals surface area contributed by atoms with Crippen molar-refractivity contribution < 1.29 is 28.5 Å². The molecule has 0 atom stereocenters. The standard InChI is InChI=1S/C18H22Cl5NO6/c19-13-14(20)16(22)18(17(23)15(13)21)30-12(25)11-24-1-3-26-5-7-28-9-10-29-8-6-27-4-2-24/h1-11H2. The van der Waals surface area contributed by atoms with Crippen molar-refractivity contribution in [2.24, 2.45) is 0 Å². The largest absolute Gasteiger partial charge is 0.422 e. The van der Waals surface area contributed by atoms with Gasteiger partial charge in [0.2, 0.25) is 0 Å². The van der Waals surface area contributed by atoms with Crippen molar-refractivity contribution >= 4 is 64.0 Å². The van der Waals surface area contributed by atoms with Crippen molar-refractivity contribution in [1.82, 2.24) is 4.90 Å². The van der Waals surface area contributed by atoms with Crippen LogP contribution in [0.5, 0.6) is 5.75 Å². The van der Waals surface area contributed by atoms with E-state index in [0.717, 1.165) is 0 Å². The van der Waals surface area contributed by atoms with E-state index >= 15 is 0 Å². The number of ether oxygens (including phenoxy) is 5. The molecule has 12 heteroatoms. The lowest BCUT2D eigenvalue weighted by atomic mass is 10.3. The second-order valence-electron chi connectivity index (χ2n) is 6.10. The van der Waals surface area contributed by atoms with Crippen LogP contribution in [0.3, 0.4) is 0 Å². The van der Waals surface area contributed by atoms with E-state index < -0.39 is 5.97 Å². The third-order valence-electron chi connectivity index (χ3n) is 3.96. The highest BCUT2D eigenvalue weighted by Gasteiger charge is 2.23. The van der Waals surface area contributed by atoms with Gasteiger partial charge in [-0.05, 0) is 0 Å². The number of hydrogen-bond acceptors (Lipinski definition) is 7. The number of benzene rings is 1. The Labute approximate surface area is 200 Å². The maximum absolute atomic E-state index is 12.5. The van der Waals surface area contributed by atoms with Crippen LogP contribution in [0.1, 0.15) is 0 Å². The van der Waals surface area contributed by atoms with Gasteiger partial charge in [-0.25, -0.2) is 0 Å². The average Bonchev–Trinajstić information content (AvgIpc) is 2.74. The molecule has 1 aromatic rings. The maximum atomic E-state index is 12.5. The summed E-state index contributed by atoms with van der Waals surface area (Å²) in [5, 5.41) is -0.283. The lowest BCUT2D eigenvalue weighted by Gasteiger charge is -2.21. The molecule has 0 bridgehead atoms. The van der Waals surface area contributed by atoms with Crippen molar-refractivity contribution in [1.29, 1.82) is 0 Å². The molecule has 0 N–H and O–H groups in total. The van der Waals surface area contributed by atoms with Gasteiger partial charge in [0.15, 0.2) is 5.75 Å². The van der Waals surface area contributed by atoms with Crippen LogP contribution in [0.2, 0.25) is 25.1 Å². The summed E-state index contributed by atoms with van der Waals surface area (Å²) >= 11 is 30.2. The minimum Gasteiger partial charge on any atom is -0.422 e. The van der Waals surface area contributed by atoms with Crippen LogP contribution in [-0.4, -0.2) is 83.4 Å². The quantitative estimate of drug-likeness (QED) is 0.253. The molecule has 7 nitrogen and oxygen atoms in total. The Hall–Kier alpha value is -0.0600. The molecule has 0 saturated carbocycles. The van der Waals surface area contributed by atoms with E-state index in [-0.39, 0.29) is 37.4 Å². The molecule has 2 rings (SSSR count). The second-order valence-corrected chi connectivity index (χ2v) is 7.99. The highest BCUT2D eigenvalue weighted by molar-refractivity contribution is 6.55. The fraction of sp³-hybridized carbons (Fsp3) is 0.611. The smallest absolute Gasteiger partial charge is 0.325 e. The van der Waals surface area contributed by atoms with Crippen molar-refractivity contribution in [3.05, 3.63) is 25.1 Å². The van der Waals surface area contributed by atoms with Gasteiger partial charge in [-0.1, -0.05) is 58.0 Å². The van der Waals surface area contributed by atoms with Gasteiger partial charge in [-0.3, -0.25) is 9.69 Å². The number of esters is 1. The molecular weight excluding hydrogens is 503 g/mol. The first kappa shape index (κ1) is 26.2. The SMILES string of the molecule is O=C(CN1CCOCCOCCOCCOCC1)Oc1c(Cl)c(Cl)c(Cl)c(Cl)c1Cl. The number of rotatable bonds is 3. The van der Waals surface area contributed by atoms with Gasteiger partial charge in [0.1, 0.15) is 10.0 Å².